The van der Waals surface area contributed by atoms with E-state index in [0.29, 0.717) is 31.6 Å². The maximum absolute atomic E-state index is 11.6. The Bertz CT molecular complexity index is 432. The molecule has 19 heavy (non-hydrogen) atoms. The van der Waals surface area contributed by atoms with E-state index < -0.39 is 0 Å². The van der Waals surface area contributed by atoms with E-state index in [4.69, 9.17) is 9.47 Å². The summed E-state index contributed by atoms with van der Waals surface area (Å²) in [5.41, 5.74) is 1.00. The predicted molar refractivity (Wildman–Crippen MR) is 70.9 cm³/mol. The molecule has 0 radical (unpaired) electrons. The van der Waals surface area contributed by atoms with E-state index >= 15 is 0 Å². The van der Waals surface area contributed by atoms with Crippen LogP contribution in [0.5, 0.6) is 5.88 Å². The van der Waals surface area contributed by atoms with Crippen LogP contribution in [0.25, 0.3) is 0 Å². The van der Waals surface area contributed by atoms with Crippen LogP contribution in [0.2, 0.25) is 0 Å². The van der Waals surface area contributed by atoms with Gasteiger partial charge in [-0.15, -0.1) is 0 Å². The molecule has 2 rings (SSSR count). The second kappa shape index (κ2) is 6.52. The van der Waals surface area contributed by atoms with E-state index in [2.05, 4.69) is 9.88 Å². The molecule has 1 fully saturated rings. The highest BCUT2D eigenvalue weighted by molar-refractivity contribution is 5.71. The molecule has 1 aromatic rings. The van der Waals surface area contributed by atoms with Gasteiger partial charge in [0.1, 0.15) is 0 Å². The summed E-state index contributed by atoms with van der Waals surface area (Å²) in [7, 11) is 1.61. The minimum atomic E-state index is -0.169. The minimum Gasteiger partial charge on any atom is -0.481 e. The topological polar surface area (TPSA) is 51.7 Å². The van der Waals surface area contributed by atoms with Gasteiger partial charge in [0.2, 0.25) is 5.88 Å². The Balaban J connectivity index is 2.02. The molecule has 5 heteroatoms. The van der Waals surface area contributed by atoms with Gasteiger partial charge < -0.3 is 9.47 Å². The zero-order chi connectivity index (χ0) is 13.7. The molecule has 1 aliphatic rings. The largest absolute Gasteiger partial charge is 0.481 e. The Morgan fingerprint density at radius 1 is 1.53 bits per heavy atom. The van der Waals surface area contributed by atoms with Crippen molar-refractivity contribution in [2.45, 2.75) is 32.4 Å². The molecule has 0 saturated heterocycles. The van der Waals surface area contributed by atoms with Gasteiger partial charge in [-0.25, -0.2) is 4.98 Å². The highest BCUT2D eigenvalue weighted by Gasteiger charge is 2.31. The van der Waals surface area contributed by atoms with Gasteiger partial charge in [-0.3, -0.25) is 9.69 Å². The van der Waals surface area contributed by atoms with Crippen molar-refractivity contribution in [3.8, 4) is 5.88 Å². The molecule has 1 heterocycles. The molecule has 0 unspecified atom stereocenters. The Labute approximate surface area is 113 Å². The molecule has 0 N–H and O–H groups in total. The van der Waals surface area contributed by atoms with Crippen LogP contribution < -0.4 is 4.74 Å². The van der Waals surface area contributed by atoms with Crippen molar-refractivity contribution in [2.75, 3.05) is 20.3 Å². The van der Waals surface area contributed by atoms with Crippen LogP contribution in [0.3, 0.4) is 0 Å². The molecular weight excluding hydrogens is 244 g/mol. The van der Waals surface area contributed by atoms with Crippen LogP contribution in [-0.4, -0.2) is 42.2 Å². The van der Waals surface area contributed by atoms with Crippen LogP contribution in [-0.2, 0) is 16.1 Å². The van der Waals surface area contributed by atoms with Gasteiger partial charge in [0.25, 0.3) is 0 Å². The monoisotopic (exact) mass is 264 g/mol. The number of aromatic nitrogens is 1. The molecule has 5 nitrogen and oxygen atoms in total. The Morgan fingerprint density at radius 3 is 2.95 bits per heavy atom. The molecule has 0 bridgehead atoms. The fourth-order valence-electron chi connectivity index (χ4n) is 2.07. The van der Waals surface area contributed by atoms with E-state index in [1.54, 1.807) is 13.3 Å². The number of ether oxygens (including phenoxy) is 2. The van der Waals surface area contributed by atoms with Gasteiger partial charge in [0.15, 0.2) is 0 Å². The minimum absolute atomic E-state index is 0.169. The van der Waals surface area contributed by atoms with Gasteiger partial charge in [-0.2, -0.15) is 0 Å². The number of carbonyl (C=O) groups excluding carboxylic acids is 1. The quantitative estimate of drug-likeness (QED) is 0.700. The highest BCUT2D eigenvalue weighted by Crippen LogP contribution is 2.29. The Kier molecular flexibility index (Phi) is 4.74. The number of hydrogen-bond acceptors (Lipinski definition) is 5. The molecule has 0 aliphatic heterocycles. The maximum atomic E-state index is 11.6. The average molecular weight is 264 g/mol. The standard InChI is InChI=1S/C14H20N2O3/c1-3-19-13(17)10-16(12-6-7-12)9-11-5-4-8-15-14(11)18-2/h4-5,8,12H,3,6-7,9-10H2,1-2H3. The lowest BCUT2D eigenvalue weighted by atomic mass is 10.2. The molecule has 1 aliphatic carbocycles. The van der Waals surface area contributed by atoms with Crippen LogP contribution in [0.1, 0.15) is 25.3 Å². The number of pyridine rings is 1. The molecule has 0 spiro atoms. The molecule has 1 aromatic heterocycles. The van der Waals surface area contributed by atoms with Crippen molar-refractivity contribution in [1.29, 1.82) is 0 Å². The zero-order valence-electron chi connectivity index (χ0n) is 11.5. The summed E-state index contributed by atoms with van der Waals surface area (Å²) >= 11 is 0. The normalized spacial score (nSPS) is 14.5. The number of hydrogen-bond donors (Lipinski definition) is 0. The highest BCUT2D eigenvalue weighted by atomic mass is 16.5. The number of methoxy groups -OCH3 is 1. The van der Waals surface area contributed by atoms with Crippen molar-refractivity contribution in [3.05, 3.63) is 23.9 Å². The summed E-state index contributed by atoms with van der Waals surface area (Å²) < 4.78 is 10.3. The third-order valence-corrected chi connectivity index (χ3v) is 3.12. The van der Waals surface area contributed by atoms with Gasteiger partial charge in [0, 0.05) is 24.3 Å². The SMILES string of the molecule is CCOC(=O)CN(Cc1cccnc1OC)C1CC1. The van der Waals surface area contributed by atoms with Gasteiger partial charge >= 0.3 is 5.97 Å². The summed E-state index contributed by atoms with van der Waals surface area (Å²) in [4.78, 5) is 17.9. The molecule has 1 saturated carbocycles. The lowest BCUT2D eigenvalue weighted by Crippen LogP contribution is -2.32. The van der Waals surface area contributed by atoms with E-state index in [-0.39, 0.29) is 5.97 Å². The smallest absolute Gasteiger partial charge is 0.320 e. The second-order valence-electron chi connectivity index (χ2n) is 4.61. The maximum Gasteiger partial charge on any atom is 0.320 e. The van der Waals surface area contributed by atoms with E-state index in [9.17, 15) is 4.79 Å². The lowest BCUT2D eigenvalue weighted by molar-refractivity contribution is -0.144. The number of rotatable bonds is 7. The summed E-state index contributed by atoms with van der Waals surface area (Å²) in [6, 6.07) is 4.34. The fraction of sp³-hybridized carbons (Fsp3) is 0.571. The summed E-state index contributed by atoms with van der Waals surface area (Å²) in [6.07, 6.45) is 3.99. The first-order chi connectivity index (χ1) is 9.24. The van der Waals surface area contributed by atoms with Crippen LogP contribution in [0.15, 0.2) is 18.3 Å². The summed E-state index contributed by atoms with van der Waals surface area (Å²) in [6.45, 7) is 3.24. The molecule has 0 amide bonds. The first-order valence-electron chi connectivity index (χ1n) is 6.62. The number of nitrogens with zero attached hydrogens (tertiary/aromatic N) is 2. The predicted octanol–water partition coefficient (Wildman–Crippen LogP) is 1.62. The molecule has 104 valence electrons. The first kappa shape index (κ1) is 13.8. The third-order valence-electron chi connectivity index (χ3n) is 3.12. The Morgan fingerprint density at radius 2 is 2.32 bits per heavy atom. The van der Waals surface area contributed by atoms with Crippen LogP contribution in [0.4, 0.5) is 0 Å². The van der Waals surface area contributed by atoms with Gasteiger partial charge in [0.05, 0.1) is 20.3 Å². The van der Waals surface area contributed by atoms with Gasteiger partial charge in [-0.1, -0.05) is 6.07 Å². The third kappa shape index (κ3) is 3.92. The molecule has 0 atom stereocenters. The van der Waals surface area contributed by atoms with Crippen LogP contribution in [0, 0.1) is 0 Å². The van der Waals surface area contributed by atoms with Crippen molar-refractivity contribution < 1.29 is 14.3 Å². The molecule has 0 aromatic carbocycles. The van der Waals surface area contributed by atoms with Crippen molar-refractivity contribution in [1.82, 2.24) is 9.88 Å². The number of esters is 1. The van der Waals surface area contributed by atoms with Crippen molar-refractivity contribution in [2.24, 2.45) is 0 Å². The van der Waals surface area contributed by atoms with E-state index in [1.165, 1.54) is 0 Å². The Hall–Kier alpha value is -1.62. The van der Waals surface area contributed by atoms with E-state index in [1.807, 2.05) is 19.1 Å². The number of carbonyl (C=O) groups is 1. The van der Waals surface area contributed by atoms with Crippen LogP contribution >= 0.6 is 0 Å². The summed E-state index contributed by atoms with van der Waals surface area (Å²) in [5, 5.41) is 0. The van der Waals surface area contributed by atoms with Crippen molar-refractivity contribution in [3.63, 3.8) is 0 Å². The first-order valence-corrected chi connectivity index (χ1v) is 6.62. The summed E-state index contributed by atoms with van der Waals surface area (Å²) in [5.74, 6) is 0.453. The molecular formula is C14H20N2O3. The van der Waals surface area contributed by atoms with Gasteiger partial charge in [-0.05, 0) is 25.8 Å². The zero-order valence-corrected chi connectivity index (χ0v) is 11.5. The lowest BCUT2D eigenvalue weighted by Gasteiger charge is -2.21. The fourth-order valence-corrected chi connectivity index (χ4v) is 2.07. The second-order valence-corrected chi connectivity index (χ2v) is 4.61. The average Bonchev–Trinajstić information content (AvgIpc) is 3.23. The van der Waals surface area contributed by atoms with E-state index in [0.717, 1.165) is 18.4 Å². The van der Waals surface area contributed by atoms with Crippen molar-refractivity contribution >= 4 is 5.97 Å².